The Hall–Kier alpha value is -3.67. The number of thiazole rings is 1. The average molecular weight is 497 g/mol. The van der Waals surface area contributed by atoms with Gasteiger partial charge < -0.3 is 10.8 Å². The largest absolute Gasteiger partial charge is 0.434 e. The van der Waals surface area contributed by atoms with Crippen molar-refractivity contribution in [3.05, 3.63) is 77.2 Å². The molecule has 0 spiro atoms. The van der Waals surface area contributed by atoms with E-state index in [2.05, 4.69) is 20.1 Å². The fourth-order valence-electron chi connectivity index (χ4n) is 3.70. The number of aromatic nitrogens is 5. The maximum Gasteiger partial charge on any atom is 0.434 e. The lowest BCUT2D eigenvalue weighted by Crippen LogP contribution is -2.07. The molecule has 4 heterocycles. The second-order valence-electron chi connectivity index (χ2n) is 7.93. The molecular weight excluding hydrogens is 477 g/mol. The number of benzene rings is 1. The maximum absolute atomic E-state index is 13.3. The van der Waals surface area contributed by atoms with Crippen molar-refractivity contribution in [3.63, 3.8) is 0 Å². The standard InChI is InChI=1S/C24H19F3N6OS/c1-13(28)18-5-3-6-19(31-18)14-8-16(23-32-21(12-35-23)24(25,26)27)17-10-29-33(20(17)9-14)22-7-2-4-15(11-34)30-22/h2-10,12-13,34H,11,28H2,1H3/t13-/m0/s1. The van der Waals surface area contributed by atoms with Crippen molar-refractivity contribution in [2.75, 3.05) is 0 Å². The quantitative estimate of drug-likeness (QED) is 0.349. The third-order valence-electron chi connectivity index (χ3n) is 5.42. The first-order valence-corrected chi connectivity index (χ1v) is 11.5. The topological polar surface area (TPSA) is 103 Å². The highest BCUT2D eigenvalue weighted by Crippen LogP contribution is 2.38. The molecule has 35 heavy (non-hydrogen) atoms. The van der Waals surface area contributed by atoms with E-state index in [-0.39, 0.29) is 17.7 Å². The fourth-order valence-corrected chi connectivity index (χ4v) is 4.56. The summed E-state index contributed by atoms with van der Waals surface area (Å²) in [6.07, 6.45) is -2.97. The van der Waals surface area contributed by atoms with Crippen LogP contribution in [0, 0.1) is 0 Å². The number of fused-ring (bicyclic) bond motifs is 1. The lowest BCUT2D eigenvalue weighted by molar-refractivity contribution is -0.140. The number of rotatable bonds is 5. The van der Waals surface area contributed by atoms with E-state index in [1.807, 2.05) is 31.2 Å². The maximum atomic E-state index is 13.3. The van der Waals surface area contributed by atoms with Crippen LogP contribution in [0.5, 0.6) is 0 Å². The number of pyridine rings is 2. The Balaban J connectivity index is 1.76. The van der Waals surface area contributed by atoms with E-state index in [1.165, 1.54) is 0 Å². The number of halogens is 3. The molecule has 0 aliphatic rings. The second kappa shape index (κ2) is 8.84. The Morgan fingerprint density at radius 3 is 2.60 bits per heavy atom. The highest BCUT2D eigenvalue weighted by Gasteiger charge is 2.34. The van der Waals surface area contributed by atoms with E-state index in [4.69, 9.17) is 5.73 Å². The lowest BCUT2D eigenvalue weighted by Gasteiger charge is -2.11. The van der Waals surface area contributed by atoms with Gasteiger partial charge in [-0.05, 0) is 43.3 Å². The summed E-state index contributed by atoms with van der Waals surface area (Å²) in [4.78, 5) is 12.9. The molecule has 0 radical (unpaired) electrons. The molecule has 178 valence electrons. The minimum absolute atomic E-state index is 0.212. The molecule has 0 fully saturated rings. The van der Waals surface area contributed by atoms with E-state index in [0.717, 1.165) is 16.7 Å². The van der Waals surface area contributed by atoms with E-state index in [9.17, 15) is 18.3 Å². The molecule has 0 saturated carbocycles. The van der Waals surface area contributed by atoms with E-state index in [1.54, 1.807) is 35.1 Å². The van der Waals surface area contributed by atoms with Crippen molar-refractivity contribution >= 4 is 22.2 Å². The third-order valence-corrected chi connectivity index (χ3v) is 6.29. The molecule has 0 saturated heterocycles. The Kier molecular flexibility index (Phi) is 5.83. The van der Waals surface area contributed by atoms with Crippen LogP contribution < -0.4 is 5.73 Å². The first kappa shape index (κ1) is 23.1. The molecule has 0 bridgehead atoms. The van der Waals surface area contributed by atoms with Crippen molar-refractivity contribution in [1.29, 1.82) is 0 Å². The van der Waals surface area contributed by atoms with Gasteiger partial charge in [-0.1, -0.05) is 12.1 Å². The minimum atomic E-state index is -4.54. The van der Waals surface area contributed by atoms with Crippen LogP contribution in [0.25, 0.3) is 38.5 Å². The number of nitrogens with zero attached hydrogens (tertiary/aromatic N) is 5. The lowest BCUT2D eigenvalue weighted by atomic mass is 10.0. The molecule has 7 nitrogen and oxygen atoms in total. The van der Waals surface area contributed by atoms with Crippen LogP contribution in [0.3, 0.4) is 0 Å². The Labute approximate surface area is 201 Å². The van der Waals surface area contributed by atoms with Gasteiger partial charge in [0, 0.05) is 27.9 Å². The first-order chi connectivity index (χ1) is 16.7. The number of hydrogen-bond donors (Lipinski definition) is 2. The summed E-state index contributed by atoms with van der Waals surface area (Å²) in [6.45, 7) is 1.58. The molecule has 0 unspecified atom stereocenters. The predicted molar refractivity (Wildman–Crippen MR) is 127 cm³/mol. The summed E-state index contributed by atoms with van der Waals surface area (Å²) in [5.41, 5.74) is 8.59. The van der Waals surface area contributed by atoms with E-state index >= 15 is 0 Å². The number of aliphatic hydroxyl groups is 1. The predicted octanol–water partition coefficient (Wildman–Crippen LogP) is 5.14. The van der Waals surface area contributed by atoms with Crippen LogP contribution in [0.1, 0.15) is 30.0 Å². The van der Waals surface area contributed by atoms with Gasteiger partial charge in [-0.3, -0.25) is 4.98 Å². The normalized spacial score (nSPS) is 12.9. The van der Waals surface area contributed by atoms with Crippen LogP contribution in [0.15, 0.2) is 60.1 Å². The molecule has 5 aromatic rings. The SMILES string of the molecule is C[C@H](N)c1cccc(-c2cc(-c3nc(C(F)(F)F)cs3)c3cnn(-c4cccc(CO)n4)c3c2)n1. The highest BCUT2D eigenvalue weighted by molar-refractivity contribution is 7.13. The monoisotopic (exact) mass is 496 g/mol. The van der Waals surface area contributed by atoms with Crippen molar-refractivity contribution in [2.24, 2.45) is 5.73 Å². The summed E-state index contributed by atoms with van der Waals surface area (Å²) in [7, 11) is 0. The number of aliphatic hydroxyl groups excluding tert-OH is 1. The van der Waals surface area contributed by atoms with Crippen LogP contribution in [-0.4, -0.2) is 29.8 Å². The van der Waals surface area contributed by atoms with Gasteiger partial charge in [0.1, 0.15) is 5.01 Å². The van der Waals surface area contributed by atoms with Gasteiger partial charge in [-0.25, -0.2) is 14.6 Å². The Morgan fingerprint density at radius 2 is 1.89 bits per heavy atom. The molecule has 0 aliphatic heterocycles. The molecule has 0 amide bonds. The van der Waals surface area contributed by atoms with Gasteiger partial charge in [0.25, 0.3) is 0 Å². The molecule has 0 aliphatic carbocycles. The van der Waals surface area contributed by atoms with Crippen LogP contribution in [0.4, 0.5) is 13.2 Å². The van der Waals surface area contributed by atoms with E-state index in [0.29, 0.717) is 44.9 Å². The average Bonchev–Trinajstić information content (AvgIpc) is 3.51. The molecule has 11 heteroatoms. The molecular formula is C24H19F3N6OS. The summed E-state index contributed by atoms with van der Waals surface area (Å²) in [6, 6.07) is 14.0. The zero-order valence-corrected chi connectivity index (χ0v) is 19.2. The van der Waals surface area contributed by atoms with Crippen molar-refractivity contribution < 1.29 is 18.3 Å². The van der Waals surface area contributed by atoms with Gasteiger partial charge in [-0.2, -0.15) is 18.3 Å². The van der Waals surface area contributed by atoms with Crippen LogP contribution in [0.2, 0.25) is 0 Å². The Bertz CT molecular complexity index is 1530. The molecule has 4 aromatic heterocycles. The van der Waals surface area contributed by atoms with Gasteiger partial charge in [0.05, 0.1) is 35.4 Å². The molecule has 5 rings (SSSR count). The van der Waals surface area contributed by atoms with Crippen molar-refractivity contribution in [1.82, 2.24) is 24.7 Å². The van der Waals surface area contributed by atoms with Crippen LogP contribution in [-0.2, 0) is 12.8 Å². The third kappa shape index (κ3) is 4.41. The van der Waals surface area contributed by atoms with Crippen LogP contribution >= 0.6 is 11.3 Å². The molecule has 3 N–H and O–H groups in total. The second-order valence-corrected chi connectivity index (χ2v) is 8.79. The minimum Gasteiger partial charge on any atom is -0.390 e. The number of alkyl halides is 3. The zero-order valence-electron chi connectivity index (χ0n) is 18.4. The molecule has 1 aromatic carbocycles. The first-order valence-electron chi connectivity index (χ1n) is 10.6. The van der Waals surface area contributed by atoms with Gasteiger partial charge in [0.2, 0.25) is 0 Å². The summed E-state index contributed by atoms with van der Waals surface area (Å²) in [5, 5.41) is 15.8. The summed E-state index contributed by atoms with van der Waals surface area (Å²) >= 11 is 0.910. The Morgan fingerprint density at radius 1 is 1.09 bits per heavy atom. The van der Waals surface area contributed by atoms with Gasteiger partial charge in [-0.15, -0.1) is 11.3 Å². The summed E-state index contributed by atoms with van der Waals surface area (Å²) < 4.78 is 41.4. The van der Waals surface area contributed by atoms with Crippen molar-refractivity contribution in [3.8, 4) is 27.6 Å². The van der Waals surface area contributed by atoms with E-state index < -0.39 is 11.9 Å². The smallest absolute Gasteiger partial charge is 0.390 e. The number of nitrogens with two attached hydrogens (primary N) is 1. The summed E-state index contributed by atoms with van der Waals surface area (Å²) in [5.74, 6) is 0.460. The van der Waals surface area contributed by atoms with Gasteiger partial charge in [0.15, 0.2) is 11.5 Å². The number of hydrogen-bond acceptors (Lipinski definition) is 7. The molecule has 1 atom stereocenters. The fraction of sp³-hybridized carbons (Fsp3) is 0.167. The highest BCUT2D eigenvalue weighted by atomic mass is 32.1. The van der Waals surface area contributed by atoms with Crippen molar-refractivity contribution in [2.45, 2.75) is 25.7 Å². The zero-order chi connectivity index (χ0) is 24.7. The van der Waals surface area contributed by atoms with Gasteiger partial charge >= 0.3 is 6.18 Å².